The van der Waals surface area contributed by atoms with Gasteiger partial charge in [-0.25, -0.2) is 8.42 Å². The lowest BCUT2D eigenvalue weighted by atomic mass is 10.1. The van der Waals surface area contributed by atoms with E-state index in [4.69, 9.17) is 0 Å². The Hall–Kier alpha value is -1.86. The molecule has 7 heteroatoms. The van der Waals surface area contributed by atoms with Gasteiger partial charge in [0.2, 0.25) is 10.0 Å². The average Bonchev–Trinajstić information content (AvgIpc) is 3.09. The van der Waals surface area contributed by atoms with Gasteiger partial charge in [0, 0.05) is 18.2 Å². The van der Waals surface area contributed by atoms with Crippen LogP contribution in [-0.2, 0) is 23.0 Å². The van der Waals surface area contributed by atoms with Crippen LogP contribution in [0, 0.1) is 0 Å². The summed E-state index contributed by atoms with van der Waals surface area (Å²) in [5, 5.41) is 6.85. The van der Waals surface area contributed by atoms with Crippen molar-refractivity contribution in [2.45, 2.75) is 25.9 Å². The first-order chi connectivity index (χ1) is 10.9. The van der Waals surface area contributed by atoms with Crippen molar-refractivity contribution in [1.29, 1.82) is 0 Å². The summed E-state index contributed by atoms with van der Waals surface area (Å²) >= 11 is 1.59. The molecule has 1 unspecified atom stereocenters. The third kappa shape index (κ3) is 3.25. The van der Waals surface area contributed by atoms with Crippen molar-refractivity contribution >= 4 is 33.0 Å². The van der Waals surface area contributed by atoms with Crippen LogP contribution in [0.25, 0.3) is 0 Å². The van der Waals surface area contributed by atoms with Gasteiger partial charge in [0.25, 0.3) is 5.91 Å². The fourth-order valence-electron chi connectivity index (χ4n) is 2.93. The summed E-state index contributed by atoms with van der Waals surface area (Å²) in [6, 6.07) is 7.04. The van der Waals surface area contributed by atoms with Gasteiger partial charge in [-0.3, -0.25) is 9.10 Å². The lowest BCUT2D eigenvalue weighted by Crippen LogP contribution is -2.34. The first-order valence-electron chi connectivity index (χ1n) is 7.28. The number of thiophene rings is 1. The van der Waals surface area contributed by atoms with E-state index in [0.29, 0.717) is 24.2 Å². The van der Waals surface area contributed by atoms with Crippen LogP contribution in [0.1, 0.15) is 28.4 Å². The molecule has 2 aromatic rings. The standard InChI is InChI=1S/C16H18N2O3S2/c1-11-7-14-8-13(3-4-15(14)18(11)23(2,20)21)16(19)17-9-12-5-6-22-10-12/h3-6,8,10-11H,7,9H2,1-2H3,(H,17,19). The van der Waals surface area contributed by atoms with Gasteiger partial charge in [-0.1, -0.05) is 0 Å². The molecule has 0 radical (unpaired) electrons. The van der Waals surface area contributed by atoms with Crippen LogP contribution in [0.2, 0.25) is 0 Å². The number of hydrogen-bond donors (Lipinski definition) is 1. The van der Waals surface area contributed by atoms with E-state index in [1.54, 1.807) is 29.5 Å². The van der Waals surface area contributed by atoms with E-state index in [0.717, 1.165) is 11.1 Å². The minimum atomic E-state index is -3.30. The van der Waals surface area contributed by atoms with Crippen LogP contribution >= 0.6 is 11.3 Å². The molecule has 0 saturated carbocycles. The van der Waals surface area contributed by atoms with Gasteiger partial charge in [0.15, 0.2) is 0 Å². The predicted octanol–water partition coefficient (Wildman–Crippen LogP) is 2.39. The molecule has 23 heavy (non-hydrogen) atoms. The Morgan fingerprint density at radius 1 is 1.39 bits per heavy atom. The highest BCUT2D eigenvalue weighted by molar-refractivity contribution is 7.92. The number of fused-ring (bicyclic) bond motifs is 1. The van der Waals surface area contributed by atoms with Crippen LogP contribution in [0.3, 0.4) is 0 Å². The van der Waals surface area contributed by atoms with Crippen molar-refractivity contribution in [3.63, 3.8) is 0 Å². The van der Waals surface area contributed by atoms with Gasteiger partial charge < -0.3 is 5.32 Å². The molecule has 3 rings (SSSR count). The molecular formula is C16H18N2O3S2. The zero-order valence-electron chi connectivity index (χ0n) is 12.9. The number of carbonyl (C=O) groups excluding carboxylic acids is 1. The Morgan fingerprint density at radius 3 is 2.83 bits per heavy atom. The summed E-state index contributed by atoms with van der Waals surface area (Å²) in [6.07, 6.45) is 1.83. The molecule has 2 heterocycles. The molecule has 0 aliphatic carbocycles. The van der Waals surface area contributed by atoms with Crippen molar-refractivity contribution < 1.29 is 13.2 Å². The number of amides is 1. The number of sulfonamides is 1. The predicted molar refractivity (Wildman–Crippen MR) is 92.4 cm³/mol. The smallest absolute Gasteiger partial charge is 0.251 e. The molecule has 1 aliphatic rings. The number of nitrogens with one attached hydrogen (secondary N) is 1. The Morgan fingerprint density at radius 2 is 2.17 bits per heavy atom. The van der Waals surface area contributed by atoms with Gasteiger partial charge in [0.1, 0.15) is 0 Å². The average molecular weight is 350 g/mol. The molecule has 1 aliphatic heterocycles. The van der Waals surface area contributed by atoms with Crippen LogP contribution in [0.15, 0.2) is 35.0 Å². The van der Waals surface area contributed by atoms with E-state index < -0.39 is 10.0 Å². The van der Waals surface area contributed by atoms with Crippen LogP contribution in [-0.4, -0.2) is 26.6 Å². The van der Waals surface area contributed by atoms with Crippen molar-refractivity contribution in [2.24, 2.45) is 0 Å². The second kappa shape index (κ2) is 5.98. The van der Waals surface area contributed by atoms with Crippen LogP contribution in [0.5, 0.6) is 0 Å². The molecule has 5 nitrogen and oxygen atoms in total. The normalized spacial score (nSPS) is 17.1. The second-order valence-electron chi connectivity index (χ2n) is 5.77. The van der Waals surface area contributed by atoms with E-state index in [1.165, 1.54) is 10.6 Å². The minimum Gasteiger partial charge on any atom is -0.348 e. The summed E-state index contributed by atoms with van der Waals surface area (Å²) in [5.74, 6) is -0.149. The maximum atomic E-state index is 12.3. The van der Waals surface area contributed by atoms with Gasteiger partial charge in [-0.05, 0) is 59.5 Å². The lowest BCUT2D eigenvalue weighted by Gasteiger charge is -2.21. The second-order valence-corrected chi connectivity index (χ2v) is 8.41. The van der Waals surface area contributed by atoms with Gasteiger partial charge in [0.05, 0.1) is 11.9 Å². The monoisotopic (exact) mass is 350 g/mol. The summed E-state index contributed by atoms with van der Waals surface area (Å²) in [6.45, 7) is 2.36. The Bertz CT molecular complexity index is 829. The van der Waals surface area contributed by atoms with Gasteiger partial charge in [-0.2, -0.15) is 11.3 Å². The molecule has 1 aromatic carbocycles. The highest BCUT2D eigenvalue weighted by atomic mass is 32.2. The molecule has 1 atom stereocenters. The molecule has 1 aromatic heterocycles. The first kappa shape index (κ1) is 16.0. The highest BCUT2D eigenvalue weighted by Gasteiger charge is 2.32. The summed E-state index contributed by atoms with van der Waals surface area (Å²) in [4.78, 5) is 12.3. The number of benzene rings is 1. The Balaban J connectivity index is 1.79. The molecule has 0 spiro atoms. The zero-order valence-corrected chi connectivity index (χ0v) is 14.6. The van der Waals surface area contributed by atoms with E-state index in [9.17, 15) is 13.2 Å². The van der Waals surface area contributed by atoms with Crippen LogP contribution in [0.4, 0.5) is 5.69 Å². The number of hydrogen-bond acceptors (Lipinski definition) is 4. The SMILES string of the molecule is CC1Cc2cc(C(=O)NCc3ccsc3)ccc2N1S(C)(=O)=O. The Kier molecular flexibility index (Phi) is 4.16. The zero-order chi connectivity index (χ0) is 16.6. The minimum absolute atomic E-state index is 0.121. The lowest BCUT2D eigenvalue weighted by molar-refractivity contribution is 0.0951. The summed E-state index contributed by atoms with van der Waals surface area (Å²) in [7, 11) is -3.30. The molecule has 1 N–H and O–H groups in total. The maximum absolute atomic E-state index is 12.3. The number of anilines is 1. The maximum Gasteiger partial charge on any atom is 0.251 e. The van der Waals surface area contributed by atoms with E-state index in [2.05, 4.69) is 5.32 Å². The number of rotatable bonds is 4. The topological polar surface area (TPSA) is 66.5 Å². The molecule has 0 saturated heterocycles. The first-order valence-corrected chi connectivity index (χ1v) is 10.1. The van der Waals surface area contributed by atoms with Gasteiger partial charge in [-0.15, -0.1) is 0 Å². The summed E-state index contributed by atoms with van der Waals surface area (Å²) < 4.78 is 25.2. The van der Waals surface area contributed by atoms with Crippen molar-refractivity contribution in [3.8, 4) is 0 Å². The molecule has 0 fully saturated rings. The third-order valence-corrected chi connectivity index (χ3v) is 5.89. The van der Waals surface area contributed by atoms with Crippen LogP contribution < -0.4 is 9.62 Å². The van der Waals surface area contributed by atoms with Crippen molar-refractivity contribution in [3.05, 3.63) is 51.7 Å². The molecule has 1 amide bonds. The van der Waals surface area contributed by atoms with E-state index in [1.807, 2.05) is 23.8 Å². The Labute approximate surface area is 140 Å². The quantitative estimate of drug-likeness (QED) is 0.921. The summed E-state index contributed by atoms with van der Waals surface area (Å²) in [5.41, 5.74) is 3.20. The van der Waals surface area contributed by atoms with E-state index in [-0.39, 0.29) is 11.9 Å². The third-order valence-electron chi connectivity index (χ3n) is 3.89. The van der Waals surface area contributed by atoms with E-state index >= 15 is 0 Å². The molecule has 122 valence electrons. The number of nitrogens with zero attached hydrogens (tertiary/aromatic N) is 1. The van der Waals surface area contributed by atoms with Crippen molar-refractivity contribution in [1.82, 2.24) is 5.32 Å². The molecule has 0 bridgehead atoms. The fourth-order valence-corrected chi connectivity index (χ4v) is 4.86. The highest BCUT2D eigenvalue weighted by Crippen LogP contribution is 2.34. The fraction of sp³-hybridized carbons (Fsp3) is 0.312. The van der Waals surface area contributed by atoms with Gasteiger partial charge >= 0.3 is 0 Å². The largest absolute Gasteiger partial charge is 0.348 e. The molecular weight excluding hydrogens is 332 g/mol. The van der Waals surface area contributed by atoms with Crippen molar-refractivity contribution in [2.75, 3.05) is 10.6 Å². The number of carbonyl (C=O) groups is 1.